The van der Waals surface area contributed by atoms with Crippen LogP contribution in [-0.2, 0) is 11.2 Å². The van der Waals surface area contributed by atoms with Gasteiger partial charge in [-0.1, -0.05) is 24.3 Å². The monoisotopic (exact) mass is 300 g/mol. The summed E-state index contributed by atoms with van der Waals surface area (Å²) in [5.41, 5.74) is 1.26. The molecular formula is C17H20N2OS. The molecule has 1 amide bonds. The Morgan fingerprint density at radius 3 is 2.86 bits per heavy atom. The lowest BCUT2D eigenvalue weighted by molar-refractivity contribution is -0.120. The summed E-state index contributed by atoms with van der Waals surface area (Å²) in [6.45, 7) is 1.81. The van der Waals surface area contributed by atoms with Crippen molar-refractivity contribution in [1.29, 1.82) is 0 Å². The number of hydrogen-bond donors (Lipinski definition) is 1. The van der Waals surface area contributed by atoms with Gasteiger partial charge in [0.1, 0.15) is 0 Å². The zero-order valence-corrected chi connectivity index (χ0v) is 12.8. The zero-order valence-electron chi connectivity index (χ0n) is 12.0. The molecule has 0 spiro atoms. The van der Waals surface area contributed by atoms with Gasteiger partial charge in [-0.3, -0.25) is 4.79 Å². The van der Waals surface area contributed by atoms with E-state index in [0.717, 1.165) is 24.4 Å². The minimum atomic E-state index is 0.123. The summed E-state index contributed by atoms with van der Waals surface area (Å²) >= 11 is 1.64. The van der Waals surface area contributed by atoms with E-state index in [4.69, 9.17) is 0 Å². The SMILES string of the molecule is O=C(Cc1cccs1)NC[C@H]1CCCN1c1ccccc1. The standard InChI is InChI=1S/C17H20N2OS/c20-17(12-16-9-5-11-21-16)18-13-15-8-4-10-19(15)14-6-2-1-3-7-14/h1-3,5-7,9,11,15H,4,8,10,12-13H2,(H,18,20)/t15-/m1/s1. The molecule has 1 aromatic heterocycles. The van der Waals surface area contributed by atoms with Gasteiger partial charge in [-0.15, -0.1) is 11.3 Å². The predicted octanol–water partition coefficient (Wildman–Crippen LogP) is 3.08. The molecule has 4 heteroatoms. The van der Waals surface area contributed by atoms with E-state index in [0.29, 0.717) is 12.5 Å². The normalized spacial score (nSPS) is 17.9. The number of para-hydroxylation sites is 1. The maximum absolute atomic E-state index is 12.0. The molecule has 0 aliphatic carbocycles. The molecule has 0 radical (unpaired) electrons. The minimum Gasteiger partial charge on any atom is -0.367 e. The average Bonchev–Trinajstić information content (AvgIpc) is 3.17. The molecule has 110 valence electrons. The first-order valence-corrected chi connectivity index (χ1v) is 8.31. The average molecular weight is 300 g/mol. The maximum Gasteiger partial charge on any atom is 0.225 e. The van der Waals surface area contributed by atoms with Crippen molar-refractivity contribution in [1.82, 2.24) is 5.32 Å². The van der Waals surface area contributed by atoms with Crippen LogP contribution in [0.1, 0.15) is 17.7 Å². The number of thiophene rings is 1. The van der Waals surface area contributed by atoms with Crippen molar-refractivity contribution in [2.45, 2.75) is 25.3 Å². The fraction of sp³-hybridized carbons (Fsp3) is 0.353. The minimum absolute atomic E-state index is 0.123. The summed E-state index contributed by atoms with van der Waals surface area (Å²) in [6, 6.07) is 14.9. The molecule has 1 N–H and O–H groups in total. The van der Waals surface area contributed by atoms with Crippen LogP contribution < -0.4 is 10.2 Å². The highest BCUT2D eigenvalue weighted by Crippen LogP contribution is 2.24. The van der Waals surface area contributed by atoms with Crippen molar-refractivity contribution < 1.29 is 4.79 Å². The third-order valence-corrected chi connectivity index (χ3v) is 4.79. The van der Waals surface area contributed by atoms with Gasteiger partial charge in [-0.25, -0.2) is 0 Å². The number of amides is 1. The maximum atomic E-state index is 12.0. The molecule has 0 saturated carbocycles. The summed E-state index contributed by atoms with van der Waals surface area (Å²) in [4.78, 5) is 15.5. The van der Waals surface area contributed by atoms with Crippen LogP contribution in [0.25, 0.3) is 0 Å². The predicted molar refractivity (Wildman–Crippen MR) is 87.8 cm³/mol. The lowest BCUT2D eigenvalue weighted by Gasteiger charge is -2.27. The van der Waals surface area contributed by atoms with E-state index in [1.807, 2.05) is 23.6 Å². The van der Waals surface area contributed by atoms with Gasteiger partial charge >= 0.3 is 0 Å². The van der Waals surface area contributed by atoms with E-state index in [-0.39, 0.29) is 5.91 Å². The van der Waals surface area contributed by atoms with Crippen LogP contribution in [0.15, 0.2) is 47.8 Å². The molecule has 1 atom stereocenters. The van der Waals surface area contributed by atoms with Gasteiger partial charge in [0.2, 0.25) is 5.91 Å². The van der Waals surface area contributed by atoms with Gasteiger partial charge in [0, 0.05) is 29.7 Å². The third-order valence-electron chi connectivity index (χ3n) is 3.91. The number of carbonyl (C=O) groups is 1. The van der Waals surface area contributed by atoms with E-state index in [1.165, 1.54) is 12.1 Å². The zero-order chi connectivity index (χ0) is 14.5. The van der Waals surface area contributed by atoms with E-state index >= 15 is 0 Å². The lowest BCUT2D eigenvalue weighted by Crippen LogP contribution is -2.40. The second-order valence-electron chi connectivity index (χ2n) is 5.39. The lowest BCUT2D eigenvalue weighted by atomic mass is 10.2. The molecule has 21 heavy (non-hydrogen) atoms. The van der Waals surface area contributed by atoms with Crippen molar-refractivity contribution in [2.75, 3.05) is 18.0 Å². The summed E-state index contributed by atoms with van der Waals surface area (Å²) in [5, 5.41) is 5.10. The van der Waals surface area contributed by atoms with Crippen molar-refractivity contribution in [2.24, 2.45) is 0 Å². The Morgan fingerprint density at radius 2 is 2.10 bits per heavy atom. The summed E-state index contributed by atoms with van der Waals surface area (Å²) in [5.74, 6) is 0.123. The fourth-order valence-corrected chi connectivity index (χ4v) is 3.58. The Hall–Kier alpha value is -1.81. The number of nitrogens with zero attached hydrogens (tertiary/aromatic N) is 1. The molecule has 3 rings (SSSR count). The highest BCUT2D eigenvalue weighted by molar-refractivity contribution is 7.10. The van der Waals surface area contributed by atoms with Crippen LogP contribution in [0.5, 0.6) is 0 Å². The van der Waals surface area contributed by atoms with Crippen LogP contribution in [0.4, 0.5) is 5.69 Å². The quantitative estimate of drug-likeness (QED) is 0.920. The molecule has 0 bridgehead atoms. The van der Waals surface area contributed by atoms with Crippen LogP contribution in [0.3, 0.4) is 0 Å². The van der Waals surface area contributed by atoms with Crippen molar-refractivity contribution >= 4 is 22.9 Å². The summed E-state index contributed by atoms with van der Waals surface area (Å²) in [7, 11) is 0. The Labute approximate surface area is 129 Å². The van der Waals surface area contributed by atoms with Crippen LogP contribution in [0.2, 0.25) is 0 Å². The van der Waals surface area contributed by atoms with E-state index in [2.05, 4.69) is 34.5 Å². The Morgan fingerprint density at radius 1 is 1.24 bits per heavy atom. The van der Waals surface area contributed by atoms with Crippen molar-refractivity contribution in [3.63, 3.8) is 0 Å². The number of nitrogens with one attached hydrogen (secondary N) is 1. The van der Waals surface area contributed by atoms with Crippen molar-refractivity contribution in [3.8, 4) is 0 Å². The number of rotatable bonds is 5. The largest absolute Gasteiger partial charge is 0.367 e. The van der Waals surface area contributed by atoms with Gasteiger partial charge in [0.15, 0.2) is 0 Å². The smallest absolute Gasteiger partial charge is 0.225 e. The van der Waals surface area contributed by atoms with E-state index < -0.39 is 0 Å². The van der Waals surface area contributed by atoms with E-state index in [9.17, 15) is 4.79 Å². The van der Waals surface area contributed by atoms with Gasteiger partial charge in [0.05, 0.1) is 6.42 Å². The summed E-state index contributed by atoms with van der Waals surface area (Å²) < 4.78 is 0. The highest BCUT2D eigenvalue weighted by Gasteiger charge is 2.24. The van der Waals surface area contributed by atoms with Gasteiger partial charge in [-0.2, -0.15) is 0 Å². The van der Waals surface area contributed by atoms with Gasteiger partial charge in [-0.05, 0) is 36.4 Å². The first-order chi connectivity index (χ1) is 10.3. The number of anilines is 1. The van der Waals surface area contributed by atoms with Crippen molar-refractivity contribution in [3.05, 3.63) is 52.7 Å². The van der Waals surface area contributed by atoms with Gasteiger partial charge < -0.3 is 10.2 Å². The number of carbonyl (C=O) groups excluding carboxylic acids is 1. The van der Waals surface area contributed by atoms with Crippen LogP contribution in [0, 0.1) is 0 Å². The molecule has 1 aromatic carbocycles. The third kappa shape index (κ3) is 3.64. The Kier molecular flexibility index (Phi) is 4.55. The Balaban J connectivity index is 1.53. The Bertz CT molecular complexity index is 568. The molecular weight excluding hydrogens is 280 g/mol. The summed E-state index contributed by atoms with van der Waals surface area (Å²) in [6.07, 6.45) is 2.84. The highest BCUT2D eigenvalue weighted by atomic mass is 32.1. The topological polar surface area (TPSA) is 32.3 Å². The second kappa shape index (κ2) is 6.76. The van der Waals surface area contributed by atoms with Gasteiger partial charge in [0.25, 0.3) is 0 Å². The number of benzene rings is 1. The molecule has 1 fully saturated rings. The number of hydrogen-bond acceptors (Lipinski definition) is 3. The molecule has 1 saturated heterocycles. The molecule has 0 unspecified atom stereocenters. The second-order valence-corrected chi connectivity index (χ2v) is 6.42. The fourth-order valence-electron chi connectivity index (χ4n) is 2.87. The first-order valence-electron chi connectivity index (χ1n) is 7.44. The molecule has 3 nitrogen and oxygen atoms in total. The molecule has 1 aliphatic rings. The van der Waals surface area contributed by atoms with Crippen LogP contribution >= 0.6 is 11.3 Å². The molecule has 2 aromatic rings. The van der Waals surface area contributed by atoms with Crippen LogP contribution in [-0.4, -0.2) is 25.0 Å². The first kappa shape index (κ1) is 14.1. The molecule has 1 aliphatic heterocycles. The van der Waals surface area contributed by atoms with E-state index in [1.54, 1.807) is 11.3 Å². The molecule has 2 heterocycles.